The Balaban J connectivity index is 2.51. The van der Waals surface area contributed by atoms with Crippen LogP contribution < -0.4 is 0 Å². The molecule has 0 fully saturated rings. The minimum atomic E-state index is 0.146. The van der Waals surface area contributed by atoms with Crippen LogP contribution in [0.5, 0.6) is 0 Å². The smallest absolute Gasteiger partial charge is 0.162 e. The van der Waals surface area contributed by atoms with Gasteiger partial charge in [-0.3, -0.25) is 9.69 Å². The topological polar surface area (TPSA) is 20.3 Å². The first kappa shape index (κ1) is 9.46. The quantitative estimate of drug-likeness (QED) is 0.634. The van der Waals surface area contributed by atoms with E-state index >= 15 is 0 Å². The first-order valence-corrected chi connectivity index (χ1v) is 4.60. The molecule has 2 heteroatoms. The molecule has 0 aliphatic carbocycles. The molecule has 12 heavy (non-hydrogen) atoms. The maximum atomic E-state index is 11.5. The molecule has 0 unspecified atom stereocenters. The van der Waals surface area contributed by atoms with Gasteiger partial charge < -0.3 is 0 Å². The first-order chi connectivity index (χ1) is 5.65. The Hall–Kier alpha value is -0.630. The summed E-state index contributed by atoms with van der Waals surface area (Å²) in [6, 6.07) is 0. The zero-order valence-electron chi connectivity index (χ0n) is 8.13. The van der Waals surface area contributed by atoms with Gasteiger partial charge in [0, 0.05) is 24.6 Å². The molecule has 0 atom stereocenters. The van der Waals surface area contributed by atoms with Crippen LogP contribution in [0.1, 0.15) is 20.8 Å². The standard InChI is InChI=1S/C10H17NO/c1-4-11-6-5-9(7-11)10(12)8(2)3/h5,8H,4,6-7H2,1-3H3. The second-order valence-electron chi connectivity index (χ2n) is 3.58. The molecule has 0 aromatic carbocycles. The van der Waals surface area contributed by atoms with Crippen LogP contribution in [-0.2, 0) is 4.79 Å². The average molecular weight is 167 g/mol. The maximum Gasteiger partial charge on any atom is 0.162 e. The first-order valence-electron chi connectivity index (χ1n) is 4.60. The van der Waals surface area contributed by atoms with Gasteiger partial charge in [-0.15, -0.1) is 0 Å². The third-order valence-electron chi connectivity index (χ3n) is 2.28. The predicted molar refractivity (Wildman–Crippen MR) is 50.0 cm³/mol. The fourth-order valence-electron chi connectivity index (χ4n) is 1.40. The van der Waals surface area contributed by atoms with Crippen molar-refractivity contribution in [2.45, 2.75) is 20.8 Å². The van der Waals surface area contributed by atoms with E-state index in [1.807, 2.05) is 13.8 Å². The van der Waals surface area contributed by atoms with E-state index in [2.05, 4.69) is 17.9 Å². The zero-order valence-corrected chi connectivity index (χ0v) is 8.13. The Bertz CT molecular complexity index is 206. The SMILES string of the molecule is CCN1CC=C(C(=O)C(C)C)C1. The number of Topliss-reactive ketones (excluding diaryl/α,β-unsaturated/α-hetero) is 1. The van der Waals surface area contributed by atoms with Gasteiger partial charge >= 0.3 is 0 Å². The van der Waals surface area contributed by atoms with Crippen molar-refractivity contribution in [1.29, 1.82) is 0 Å². The highest BCUT2D eigenvalue weighted by Gasteiger charge is 2.19. The number of carbonyl (C=O) groups excluding carboxylic acids is 1. The zero-order chi connectivity index (χ0) is 9.14. The minimum Gasteiger partial charge on any atom is -0.296 e. The van der Waals surface area contributed by atoms with Crippen molar-refractivity contribution in [3.63, 3.8) is 0 Å². The normalized spacial score (nSPS) is 18.5. The van der Waals surface area contributed by atoms with E-state index in [9.17, 15) is 4.79 Å². The Morgan fingerprint density at radius 3 is 2.75 bits per heavy atom. The molecule has 0 spiro atoms. The summed E-state index contributed by atoms with van der Waals surface area (Å²) in [5.74, 6) is 0.457. The Morgan fingerprint density at radius 2 is 2.33 bits per heavy atom. The number of carbonyl (C=O) groups is 1. The summed E-state index contributed by atoms with van der Waals surface area (Å²) in [6.07, 6.45) is 2.06. The summed E-state index contributed by atoms with van der Waals surface area (Å²) >= 11 is 0. The lowest BCUT2D eigenvalue weighted by molar-refractivity contribution is -0.118. The summed E-state index contributed by atoms with van der Waals surface area (Å²) in [6.45, 7) is 8.87. The van der Waals surface area contributed by atoms with Crippen LogP contribution in [-0.4, -0.2) is 30.3 Å². The van der Waals surface area contributed by atoms with Crippen molar-refractivity contribution >= 4 is 5.78 Å². The molecule has 68 valence electrons. The molecule has 1 rings (SSSR count). The van der Waals surface area contributed by atoms with Crippen molar-refractivity contribution in [3.05, 3.63) is 11.6 Å². The molecule has 1 heterocycles. The van der Waals surface area contributed by atoms with E-state index in [4.69, 9.17) is 0 Å². The Morgan fingerprint density at radius 1 is 1.67 bits per heavy atom. The van der Waals surface area contributed by atoms with Crippen LogP contribution in [0.15, 0.2) is 11.6 Å². The number of likely N-dealkylation sites (N-methyl/N-ethyl adjacent to an activating group) is 1. The Labute approximate surface area is 74.2 Å². The fourth-order valence-corrected chi connectivity index (χ4v) is 1.40. The third-order valence-corrected chi connectivity index (χ3v) is 2.28. The number of ketones is 1. The van der Waals surface area contributed by atoms with E-state index in [0.717, 1.165) is 25.2 Å². The summed E-state index contributed by atoms with van der Waals surface area (Å²) in [5.41, 5.74) is 1.01. The van der Waals surface area contributed by atoms with Gasteiger partial charge in [-0.1, -0.05) is 26.8 Å². The van der Waals surface area contributed by atoms with Gasteiger partial charge in [-0.2, -0.15) is 0 Å². The molecule has 1 aliphatic rings. The van der Waals surface area contributed by atoms with Crippen LogP contribution in [0.3, 0.4) is 0 Å². The van der Waals surface area contributed by atoms with Crippen LogP contribution in [0.25, 0.3) is 0 Å². The van der Waals surface area contributed by atoms with Gasteiger partial charge in [-0.25, -0.2) is 0 Å². The van der Waals surface area contributed by atoms with Gasteiger partial charge in [0.05, 0.1) is 0 Å². The van der Waals surface area contributed by atoms with Gasteiger partial charge in [-0.05, 0) is 6.54 Å². The lowest BCUT2D eigenvalue weighted by Crippen LogP contribution is -2.22. The van der Waals surface area contributed by atoms with Crippen LogP contribution in [0, 0.1) is 5.92 Å². The fraction of sp³-hybridized carbons (Fsp3) is 0.700. The molecule has 1 aliphatic heterocycles. The highest BCUT2D eigenvalue weighted by Crippen LogP contribution is 2.13. The number of rotatable bonds is 3. The van der Waals surface area contributed by atoms with E-state index in [-0.39, 0.29) is 5.92 Å². The molecular weight excluding hydrogens is 150 g/mol. The second-order valence-corrected chi connectivity index (χ2v) is 3.58. The van der Waals surface area contributed by atoms with E-state index in [1.54, 1.807) is 0 Å². The lowest BCUT2D eigenvalue weighted by Gasteiger charge is -2.12. The average Bonchev–Trinajstić information content (AvgIpc) is 2.50. The summed E-state index contributed by atoms with van der Waals surface area (Å²) in [5, 5.41) is 0. The number of hydrogen-bond donors (Lipinski definition) is 0. The van der Waals surface area contributed by atoms with Crippen molar-refractivity contribution in [2.75, 3.05) is 19.6 Å². The highest BCUT2D eigenvalue weighted by molar-refractivity contribution is 5.97. The monoisotopic (exact) mass is 167 g/mol. The van der Waals surface area contributed by atoms with Crippen LogP contribution >= 0.6 is 0 Å². The number of nitrogens with zero attached hydrogens (tertiary/aromatic N) is 1. The maximum absolute atomic E-state index is 11.5. The molecule has 2 nitrogen and oxygen atoms in total. The van der Waals surface area contributed by atoms with Gasteiger partial charge in [0.15, 0.2) is 5.78 Å². The van der Waals surface area contributed by atoms with Gasteiger partial charge in [0.1, 0.15) is 0 Å². The molecule has 0 N–H and O–H groups in total. The number of hydrogen-bond acceptors (Lipinski definition) is 2. The minimum absolute atomic E-state index is 0.146. The van der Waals surface area contributed by atoms with Crippen LogP contribution in [0.4, 0.5) is 0 Å². The second kappa shape index (κ2) is 3.85. The third kappa shape index (κ3) is 1.95. The van der Waals surface area contributed by atoms with E-state index < -0.39 is 0 Å². The molecule has 0 aromatic heterocycles. The molecular formula is C10H17NO. The molecule has 0 saturated carbocycles. The molecule has 0 amide bonds. The summed E-state index contributed by atoms with van der Waals surface area (Å²) in [7, 11) is 0. The highest BCUT2D eigenvalue weighted by atomic mass is 16.1. The van der Waals surface area contributed by atoms with Gasteiger partial charge in [0.2, 0.25) is 0 Å². The van der Waals surface area contributed by atoms with E-state index in [1.165, 1.54) is 0 Å². The molecule has 0 aromatic rings. The van der Waals surface area contributed by atoms with Crippen molar-refractivity contribution in [3.8, 4) is 0 Å². The van der Waals surface area contributed by atoms with Crippen molar-refractivity contribution in [1.82, 2.24) is 4.90 Å². The van der Waals surface area contributed by atoms with Crippen LogP contribution in [0.2, 0.25) is 0 Å². The molecule has 0 saturated heterocycles. The van der Waals surface area contributed by atoms with E-state index in [0.29, 0.717) is 5.78 Å². The largest absolute Gasteiger partial charge is 0.296 e. The van der Waals surface area contributed by atoms with Crippen molar-refractivity contribution in [2.24, 2.45) is 5.92 Å². The summed E-state index contributed by atoms with van der Waals surface area (Å²) in [4.78, 5) is 13.8. The lowest BCUT2D eigenvalue weighted by atomic mass is 10.0. The predicted octanol–water partition coefficient (Wildman–Crippen LogP) is 1.47. The molecule has 0 bridgehead atoms. The van der Waals surface area contributed by atoms with Crippen molar-refractivity contribution < 1.29 is 4.79 Å². The van der Waals surface area contributed by atoms with Gasteiger partial charge in [0.25, 0.3) is 0 Å². The summed E-state index contributed by atoms with van der Waals surface area (Å²) < 4.78 is 0. The molecule has 0 radical (unpaired) electrons. The Kier molecular flexibility index (Phi) is 3.04.